The lowest BCUT2D eigenvalue weighted by molar-refractivity contribution is -0.149. The first kappa shape index (κ1) is 44.0. The molecule has 7 unspecified atom stereocenters. The molecule has 3 saturated carbocycles. The van der Waals surface area contributed by atoms with Gasteiger partial charge in [0.15, 0.2) is 19.0 Å². The number of hydrogen-bond acceptors (Lipinski definition) is 13. The molecular formula is C49H53FN4O11S. The zero-order valence-electron chi connectivity index (χ0n) is 38.2. The highest BCUT2D eigenvalue weighted by Crippen LogP contribution is 2.60. The van der Waals surface area contributed by atoms with Crippen LogP contribution in [0.4, 0.5) is 14.0 Å². The van der Waals surface area contributed by atoms with Crippen molar-refractivity contribution >= 4 is 57.9 Å². The minimum atomic E-state index is -0.920. The molecule has 5 fully saturated rings. The third kappa shape index (κ3) is 7.79. The van der Waals surface area contributed by atoms with Crippen LogP contribution in [0.3, 0.4) is 0 Å². The van der Waals surface area contributed by atoms with Crippen LogP contribution in [0.5, 0.6) is 5.75 Å². The van der Waals surface area contributed by atoms with Crippen LogP contribution in [0.1, 0.15) is 137 Å². The van der Waals surface area contributed by atoms with Gasteiger partial charge in [0.2, 0.25) is 12.0 Å². The van der Waals surface area contributed by atoms with Crippen molar-refractivity contribution in [2.75, 3.05) is 13.2 Å². The van der Waals surface area contributed by atoms with Crippen molar-refractivity contribution in [2.45, 2.75) is 141 Å². The van der Waals surface area contributed by atoms with E-state index in [1.54, 1.807) is 72.0 Å². The average molecular weight is 925 g/mol. The minimum Gasteiger partial charge on any atom is -0.464 e. The van der Waals surface area contributed by atoms with Crippen molar-refractivity contribution in [1.82, 2.24) is 19.4 Å². The number of ketones is 2. The number of hydrogen-bond donors (Lipinski definition) is 0. The van der Waals surface area contributed by atoms with Crippen molar-refractivity contribution in [1.29, 1.82) is 0 Å². The molecule has 7 atom stereocenters. The molecule has 0 radical (unpaired) electrons. The van der Waals surface area contributed by atoms with E-state index < -0.39 is 89.8 Å². The Kier molecular flexibility index (Phi) is 10.1. The summed E-state index contributed by atoms with van der Waals surface area (Å²) in [6.07, 6.45) is 4.09. The van der Waals surface area contributed by atoms with Crippen LogP contribution in [0.2, 0.25) is 0 Å². The molecule has 10 rings (SSSR count). The number of amides is 2. The van der Waals surface area contributed by atoms with Gasteiger partial charge in [0.1, 0.15) is 34.9 Å². The lowest BCUT2D eigenvalue weighted by Crippen LogP contribution is -2.50. The summed E-state index contributed by atoms with van der Waals surface area (Å²) in [7, 11) is 0. The zero-order valence-corrected chi connectivity index (χ0v) is 39.0. The second-order valence-electron chi connectivity index (χ2n) is 21.3. The van der Waals surface area contributed by atoms with Crippen LogP contribution < -0.4 is 4.74 Å². The van der Waals surface area contributed by atoms with Gasteiger partial charge in [-0.2, -0.15) is 0 Å². The lowest BCUT2D eigenvalue weighted by atomic mass is 10.0. The van der Waals surface area contributed by atoms with Crippen LogP contribution in [0.25, 0.3) is 22.2 Å². The highest BCUT2D eigenvalue weighted by atomic mass is 32.1. The molecule has 348 valence electrons. The van der Waals surface area contributed by atoms with Gasteiger partial charge in [0, 0.05) is 40.2 Å². The number of rotatable bonds is 10. The van der Waals surface area contributed by atoms with E-state index in [-0.39, 0.29) is 39.8 Å². The molecule has 0 bridgehead atoms. The number of aromatic nitrogens is 2. The largest absolute Gasteiger partial charge is 0.464 e. The van der Waals surface area contributed by atoms with Crippen LogP contribution in [-0.4, -0.2) is 103 Å². The maximum atomic E-state index is 16.5. The molecule has 3 aliphatic heterocycles. The number of nitrogens with zero attached hydrogens (tertiary/aromatic N) is 4. The van der Waals surface area contributed by atoms with Gasteiger partial charge in [0.05, 0.1) is 26.7 Å². The minimum absolute atomic E-state index is 0.0732. The Morgan fingerprint density at radius 1 is 0.833 bits per heavy atom. The smallest absolute Gasteiger partial charge is 0.411 e. The van der Waals surface area contributed by atoms with Gasteiger partial charge in [-0.3, -0.25) is 24.0 Å². The Bertz CT molecular complexity index is 2770. The molecule has 2 aromatic heterocycles. The Morgan fingerprint density at radius 3 is 2.18 bits per heavy atom. The number of ether oxygens (including phenoxy) is 5. The van der Waals surface area contributed by atoms with Gasteiger partial charge < -0.3 is 23.7 Å². The van der Waals surface area contributed by atoms with Gasteiger partial charge in [-0.25, -0.2) is 28.6 Å². The van der Waals surface area contributed by atoms with E-state index in [9.17, 15) is 28.8 Å². The Balaban J connectivity index is 0.886. The number of esters is 2. The molecule has 2 amide bonds. The van der Waals surface area contributed by atoms with Crippen LogP contribution >= 0.6 is 11.3 Å². The number of carbonyl (C=O) groups excluding carboxylic acids is 6. The summed E-state index contributed by atoms with van der Waals surface area (Å²) in [5, 5.41) is 1.55. The van der Waals surface area contributed by atoms with Gasteiger partial charge >= 0.3 is 24.1 Å². The third-order valence-electron chi connectivity index (χ3n) is 13.8. The van der Waals surface area contributed by atoms with Crippen molar-refractivity contribution in [2.24, 2.45) is 11.3 Å². The molecule has 66 heavy (non-hydrogen) atoms. The van der Waals surface area contributed by atoms with Crippen molar-refractivity contribution in [3.05, 3.63) is 69.4 Å². The summed E-state index contributed by atoms with van der Waals surface area (Å²) >= 11 is 1.49. The normalized spacial score (nSPS) is 27.0. The topological polar surface area (TPSA) is 173 Å². The molecule has 4 aromatic rings. The summed E-state index contributed by atoms with van der Waals surface area (Å²) in [6.45, 7) is 13.2. The predicted octanol–water partition coefficient (Wildman–Crippen LogP) is 8.75. The number of likely N-dealkylation sites (tertiary alicyclic amines) is 2. The molecular weight excluding hydrogens is 872 g/mol. The van der Waals surface area contributed by atoms with E-state index in [4.69, 9.17) is 23.7 Å². The quantitative estimate of drug-likeness (QED) is 0.0842. The molecule has 0 N–H and O–H groups in total. The number of fused-ring (bicyclic) bond motifs is 7. The van der Waals surface area contributed by atoms with E-state index in [1.165, 1.54) is 27.2 Å². The average Bonchev–Trinajstić information content (AvgIpc) is 4.15. The Hall–Kier alpha value is -5.84. The highest BCUT2D eigenvalue weighted by molar-refractivity contribution is 7.11. The molecule has 5 heterocycles. The number of carbonyl (C=O) groups is 6. The summed E-state index contributed by atoms with van der Waals surface area (Å²) < 4.78 is 47.2. The number of benzene rings is 2. The van der Waals surface area contributed by atoms with Crippen LogP contribution in [-0.2, 0) is 28.5 Å². The van der Waals surface area contributed by atoms with E-state index in [0.717, 1.165) is 41.6 Å². The number of Topliss-reactive ketones (excluding diaryl/α,β-unsaturated/α-hetero) is 2. The second-order valence-corrected chi connectivity index (χ2v) is 22.3. The molecule has 2 saturated heterocycles. The Labute approximate surface area is 384 Å². The molecule has 6 aliphatic rings. The SMILES string of the molecule is CC(C)(C)OC(=O)N1C(C(=O)OCC(=O)c2ccc3c(c2)cc2n3C(c3cnc(C4CC4)s3)Oc3cc(C(=O)COC(=O)C4CC5CC5(C)N4C(=O)OC(C)(C)C)cc(F)c3-2)CC2(C)CC12. The summed E-state index contributed by atoms with van der Waals surface area (Å²) in [6, 6.07) is 7.33. The summed E-state index contributed by atoms with van der Waals surface area (Å²) in [5.74, 6) is -2.73. The molecule has 15 nitrogen and oxygen atoms in total. The van der Waals surface area contributed by atoms with Gasteiger partial charge in [-0.15, -0.1) is 11.3 Å². The lowest BCUT2D eigenvalue weighted by Gasteiger charge is -2.33. The molecule has 3 aliphatic carbocycles. The van der Waals surface area contributed by atoms with Gasteiger partial charge in [-0.05, 0) is 135 Å². The predicted molar refractivity (Wildman–Crippen MR) is 237 cm³/mol. The van der Waals surface area contributed by atoms with E-state index in [1.807, 2.05) is 18.4 Å². The van der Waals surface area contributed by atoms with Crippen LogP contribution in [0, 0.1) is 17.2 Å². The number of halogens is 1. The first-order valence-corrected chi connectivity index (χ1v) is 23.4. The number of piperidine rings is 2. The van der Waals surface area contributed by atoms with Crippen LogP contribution in [0.15, 0.2) is 42.6 Å². The maximum Gasteiger partial charge on any atom is 0.411 e. The third-order valence-corrected chi connectivity index (χ3v) is 15.0. The number of thiazole rings is 1. The van der Waals surface area contributed by atoms with Crippen molar-refractivity contribution in [3.63, 3.8) is 0 Å². The molecule has 2 aromatic carbocycles. The highest BCUT2D eigenvalue weighted by Gasteiger charge is 2.67. The fraction of sp³-hybridized carbons (Fsp3) is 0.531. The first-order chi connectivity index (χ1) is 31.0. The molecule has 0 spiro atoms. The standard InChI is InChI=1S/C49H53FN4O11S/c1-46(2,3)64-44(59)53-33(19-48(7)20-38(48)53)43(58)62-22-34(55)25-11-12-30-26(13-25)15-31-39-29(50)14-27(16-36(39)63-41(52(30)31)37-21-51-40(66-37)24-9-10-24)35(56)23-61-42(57)32-17-28-18-49(28,8)54(32)45(60)65-47(4,5)6/h11-16,21,24,28,32-33,38,41H,9-10,17-20,22-23H2,1-8H3. The maximum absolute atomic E-state index is 16.5. The van der Waals surface area contributed by atoms with Crippen molar-refractivity contribution in [3.8, 4) is 17.0 Å². The fourth-order valence-corrected chi connectivity index (χ4v) is 11.2. The zero-order chi connectivity index (χ0) is 47.0. The fourth-order valence-electron chi connectivity index (χ4n) is 10.1. The monoisotopic (exact) mass is 924 g/mol. The summed E-state index contributed by atoms with van der Waals surface area (Å²) in [4.78, 5) is 88.8. The van der Waals surface area contributed by atoms with E-state index >= 15 is 4.39 Å². The van der Waals surface area contributed by atoms with Gasteiger partial charge in [0.25, 0.3) is 0 Å². The first-order valence-electron chi connectivity index (χ1n) is 22.6. The summed E-state index contributed by atoms with van der Waals surface area (Å²) in [5.41, 5.74) is -0.932. The van der Waals surface area contributed by atoms with Crippen molar-refractivity contribution < 1.29 is 56.8 Å². The van der Waals surface area contributed by atoms with E-state index in [0.29, 0.717) is 35.4 Å². The van der Waals surface area contributed by atoms with E-state index in [2.05, 4.69) is 4.98 Å². The second kappa shape index (κ2) is 15.1. The Morgan fingerprint density at radius 2 is 1.50 bits per heavy atom. The molecule has 17 heteroatoms. The van der Waals surface area contributed by atoms with Gasteiger partial charge in [-0.1, -0.05) is 6.92 Å².